The first kappa shape index (κ1) is 16.5. The molecule has 1 amide bonds. The summed E-state index contributed by atoms with van der Waals surface area (Å²) in [6.45, 7) is 4.61. The van der Waals surface area contributed by atoms with Crippen LogP contribution in [0.15, 0.2) is 18.5 Å². The molecule has 0 aliphatic carbocycles. The minimum atomic E-state index is -0.140. The summed E-state index contributed by atoms with van der Waals surface area (Å²) in [4.78, 5) is 21.4. The third-order valence-corrected chi connectivity index (χ3v) is 5.74. The van der Waals surface area contributed by atoms with Gasteiger partial charge in [0.05, 0.1) is 11.9 Å². The van der Waals surface area contributed by atoms with Crippen LogP contribution in [0.3, 0.4) is 0 Å². The molecule has 2 aromatic heterocycles. The lowest BCUT2D eigenvalue weighted by atomic mass is 10.0. The maximum Gasteiger partial charge on any atom is 0.256 e. The van der Waals surface area contributed by atoms with E-state index < -0.39 is 0 Å². The number of aromatic nitrogens is 3. The summed E-state index contributed by atoms with van der Waals surface area (Å²) in [6, 6.07) is 2.76. The van der Waals surface area contributed by atoms with E-state index >= 15 is 0 Å². The van der Waals surface area contributed by atoms with Crippen LogP contribution in [0.1, 0.15) is 41.2 Å². The van der Waals surface area contributed by atoms with Crippen molar-refractivity contribution in [1.29, 1.82) is 0 Å². The van der Waals surface area contributed by atoms with Gasteiger partial charge >= 0.3 is 0 Å². The molecule has 7 heteroatoms. The average Bonchev–Trinajstić information content (AvgIpc) is 3.28. The molecular formula is C18H26N6O. The zero-order valence-electron chi connectivity index (χ0n) is 15.0. The number of hydrogen-bond acceptors (Lipinski definition) is 5. The monoisotopic (exact) mass is 342 g/mol. The van der Waals surface area contributed by atoms with Gasteiger partial charge < -0.3 is 10.2 Å². The van der Waals surface area contributed by atoms with Gasteiger partial charge in [0.15, 0.2) is 5.65 Å². The Bertz CT molecular complexity index is 764. The predicted molar refractivity (Wildman–Crippen MR) is 95.8 cm³/mol. The molecule has 134 valence electrons. The standard InChI is InChI=1S/C18H26N6O/c1-19-18(25)15-11-21-24-16(3-7-20-17(15)24)13-4-10-23(12-13)14-5-8-22(2)9-6-14/h3,7,11,13-14H,4-6,8-10,12H2,1-2H3,(H,19,25)/t13-/m1/s1. The first-order valence-electron chi connectivity index (χ1n) is 9.14. The summed E-state index contributed by atoms with van der Waals surface area (Å²) in [7, 11) is 3.84. The van der Waals surface area contributed by atoms with Crippen LogP contribution in [-0.4, -0.2) is 76.6 Å². The van der Waals surface area contributed by atoms with Crippen LogP contribution < -0.4 is 5.32 Å². The molecular weight excluding hydrogens is 316 g/mol. The van der Waals surface area contributed by atoms with E-state index in [-0.39, 0.29) is 5.91 Å². The van der Waals surface area contributed by atoms with Crippen molar-refractivity contribution < 1.29 is 4.79 Å². The minimum Gasteiger partial charge on any atom is -0.355 e. The van der Waals surface area contributed by atoms with E-state index in [2.05, 4.69) is 38.3 Å². The quantitative estimate of drug-likeness (QED) is 0.900. The number of piperidine rings is 1. The fraction of sp³-hybridized carbons (Fsp3) is 0.611. The molecule has 0 spiro atoms. The molecule has 4 rings (SSSR count). The molecule has 7 nitrogen and oxygen atoms in total. The van der Waals surface area contributed by atoms with E-state index in [1.54, 1.807) is 19.4 Å². The van der Waals surface area contributed by atoms with E-state index in [1.807, 2.05) is 4.52 Å². The summed E-state index contributed by atoms with van der Waals surface area (Å²) < 4.78 is 1.85. The fourth-order valence-corrected chi connectivity index (χ4v) is 4.23. The highest BCUT2D eigenvalue weighted by molar-refractivity contribution is 5.99. The first-order chi connectivity index (χ1) is 12.2. The normalized spacial score (nSPS) is 23.4. The topological polar surface area (TPSA) is 65.8 Å². The first-order valence-corrected chi connectivity index (χ1v) is 9.14. The van der Waals surface area contributed by atoms with Crippen molar-refractivity contribution in [2.75, 3.05) is 40.3 Å². The van der Waals surface area contributed by atoms with Crippen LogP contribution in [-0.2, 0) is 0 Å². The van der Waals surface area contributed by atoms with Crippen molar-refractivity contribution in [3.63, 3.8) is 0 Å². The van der Waals surface area contributed by atoms with Crippen LogP contribution in [0.4, 0.5) is 0 Å². The Kier molecular flexibility index (Phi) is 4.43. The molecule has 1 N–H and O–H groups in total. The van der Waals surface area contributed by atoms with Crippen LogP contribution in [0.5, 0.6) is 0 Å². The molecule has 2 fully saturated rings. The SMILES string of the molecule is CNC(=O)c1cnn2c([C@@H]3CCN(C4CCN(C)CC4)C3)ccnc12. The largest absolute Gasteiger partial charge is 0.355 e. The molecule has 2 aromatic rings. The van der Waals surface area contributed by atoms with Crippen molar-refractivity contribution in [1.82, 2.24) is 29.7 Å². The zero-order valence-corrected chi connectivity index (χ0v) is 15.0. The lowest BCUT2D eigenvalue weighted by Crippen LogP contribution is -2.42. The van der Waals surface area contributed by atoms with Crippen molar-refractivity contribution in [3.8, 4) is 0 Å². The summed E-state index contributed by atoms with van der Waals surface area (Å²) >= 11 is 0. The number of nitrogens with one attached hydrogen (secondary N) is 1. The second kappa shape index (κ2) is 6.72. The molecule has 0 saturated carbocycles. The van der Waals surface area contributed by atoms with Crippen molar-refractivity contribution in [2.24, 2.45) is 0 Å². The number of fused-ring (bicyclic) bond motifs is 1. The highest BCUT2D eigenvalue weighted by atomic mass is 16.1. The zero-order chi connectivity index (χ0) is 17.4. The predicted octanol–water partition coefficient (Wildman–Crippen LogP) is 0.972. The van der Waals surface area contributed by atoms with Crippen molar-refractivity contribution in [3.05, 3.63) is 29.7 Å². The number of carbonyl (C=O) groups is 1. The van der Waals surface area contributed by atoms with E-state index in [0.717, 1.165) is 25.2 Å². The van der Waals surface area contributed by atoms with Gasteiger partial charge in [-0.3, -0.25) is 9.69 Å². The third kappa shape index (κ3) is 3.02. The molecule has 0 radical (unpaired) electrons. The number of rotatable bonds is 3. The Labute approximate surface area is 148 Å². The number of hydrogen-bond donors (Lipinski definition) is 1. The molecule has 1 atom stereocenters. The highest BCUT2D eigenvalue weighted by Crippen LogP contribution is 2.31. The Morgan fingerprint density at radius 3 is 2.80 bits per heavy atom. The van der Waals surface area contributed by atoms with Crippen LogP contribution in [0, 0.1) is 0 Å². The van der Waals surface area contributed by atoms with Gasteiger partial charge in [-0.25, -0.2) is 9.50 Å². The minimum absolute atomic E-state index is 0.140. The molecule has 2 aliphatic heterocycles. The number of amides is 1. The Morgan fingerprint density at radius 2 is 2.04 bits per heavy atom. The third-order valence-electron chi connectivity index (χ3n) is 5.74. The van der Waals surface area contributed by atoms with E-state index in [4.69, 9.17) is 0 Å². The van der Waals surface area contributed by atoms with Gasteiger partial charge in [-0.15, -0.1) is 0 Å². The Hall–Kier alpha value is -1.99. The number of nitrogens with zero attached hydrogens (tertiary/aromatic N) is 5. The van der Waals surface area contributed by atoms with Crippen molar-refractivity contribution in [2.45, 2.75) is 31.2 Å². The highest BCUT2D eigenvalue weighted by Gasteiger charge is 2.32. The molecule has 4 heterocycles. The summed E-state index contributed by atoms with van der Waals surface area (Å²) in [6.07, 6.45) is 7.08. The number of carbonyl (C=O) groups excluding carboxylic acids is 1. The Balaban J connectivity index is 1.55. The van der Waals surface area contributed by atoms with E-state index in [1.165, 1.54) is 25.9 Å². The lowest BCUT2D eigenvalue weighted by molar-refractivity contribution is 0.0964. The van der Waals surface area contributed by atoms with Gasteiger partial charge in [-0.05, 0) is 52.0 Å². The summed E-state index contributed by atoms with van der Waals surface area (Å²) in [5.41, 5.74) is 2.35. The van der Waals surface area contributed by atoms with Gasteiger partial charge in [0.25, 0.3) is 5.91 Å². The summed E-state index contributed by atoms with van der Waals surface area (Å²) in [5, 5.41) is 7.11. The molecule has 25 heavy (non-hydrogen) atoms. The van der Waals surface area contributed by atoms with Crippen LogP contribution in [0.2, 0.25) is 0 Å². The molecule has 2 saturated heterocycles. The lowest BCUT2D eigenvalue weighted by Gasteiger charge is -2.35. The fourth-order valence-electron chi connectivity index (χ4n) is 4.23. The van der Waals surface area contributed by atoms with Crippen LogP contribution in [0.25, 0.3) is 5.65 Å². The van der Waals surface area contributed by atoms with E-state index in [0.29, 0.717) is 23.2 Å². The average molecular weight is 342 g/mol. The molecule has 0 bridgehead atoms. The smallest absolute Gasteiger partial charge is 0.256 e. The molecule has 0 aromatic carbocycles. The maximum atomic E-state index is 12.0. The second-order valence-corrected chi connectivity index (χ2v) is 7.26. The van der Waals surface area contributed by atoms with Crippen LogP contribution >= 0.6 is 0 Å². The van der Waals surface area contributed by atoms with Gasteiger partial charge in [-0.2, -0.15) is 5.10 Å². The molecule has 2 aliphatic rings. The van der Waals surface area contributed by atoms with Gasteiger partial charge in [0.2, 0.25) is 0 Å². The summed E-state index contributed by atoms with van der Waals surface area (Å²) in [5.74, 6) is 0.307. The molecule has 0 unspecified atom stereocenters. The number of likely N-dealkylation sites (tertiary alicyclic amines) is 2. The van der Waals surface area contributed by atoms with Gasteiger partial charge in [0, 0.05) is 31.7 Å². The Morgan fingerprint density at radius 1 is 1.24 bits per heavy atom. The van der Waals surface area contributed by atoms with Gasteiger partial charge in [-0.1, -0.05) is 0 Å². The maximum absolute atomic E-state index is 12.0. The van der Waals surface area contributed by atoms with Crippen molar-refractivity contribution >= 4 is 11.6 Å². The van der Waals surface area contributed by atoms with Gasteiger partial charge in [0.1, 0.15) is 5.56 Å². The van der Waals surface area contributed by atoms with E-state index in [9.17, 15) is 4.79 Å². The second-order valence-electron chi connectivity index (χ2n) is 7.26.